The number of piperidine rings is 1. The molecule has 3 aliphatic heterocycles. The number of carbonyl (C=O) groups is 2. The molecule has 0 saturated carbocycles. The lowest BCUT2D eigenvalue weighted by atomic mass is 10.00. The van der Waals surface area contributed by atoms with Crippen molar-refractivity contribution in [3.8, 4) is 11.5 Å². The van der Waals surface area contributed by atoms with Gasteiger partial charge in [0.25, 0.3) is 5.91 Å². The summed E-state index contributed by atoms with van der Waals surface area (Å²) in [5, 5.41) is 21.2. The number of ether oxygens (including phenoxy) is 4. The molecule has 600 valence electrons. The molecule has 3 heterocycles. The van der Waals surface area contributed by atoms with E-state index in [9.17, 15) is 9.59 Å². The van der Waals surface area contributed by atoms with Gasteiger partial charge in [-0.15, -0.1) is 0 Å². The molecule has 15 heteroatoms. The van der Waals surface area contributed by atoms with Crippen molar-refractivity contribution in [1.29, 1.82) is 0 Å². The molecule has 6 N–H and O–H groups in total. The van der Waals surface area contributed by atoms with E-state index in [0.29, 0.717) is 62.3 Å². The normalized spacial score (nSPS) is 15.9. The van der Waals surface area contributed by atoms with Gasteiger partial charge in [0.05, 0.1) is 31.8 Å². The van der Waals surface area contributed by atoms with E-state index in [1.807, 2.05) is 54.0 Å². The monoisotopic (exact) mass is 1460 g/mol. The summed E-state index contributed by atoms with van der Waals surface area (Å²) >= 11 is 0. The molecule has 4 aromatic carbocycles. The number of benzene rings is 4. The molecule has 2 atom stereocenters. The molecule has 0 aliphatic carbocycles. The minimum absolute atomic E-state index is 0.0669. The number of aryl methyl sites for hydroxylation is 4. The Morgan fingerprint density at radius 1 is 0.429 bits per heavy atom. The first-order valence-corrected chi connectivity index (χ1v) is 41.0. The zero-order chi connectivity index (χ0) is 78.5. The standard InChI is InChI=1S/C17H26N2O2.2C16H27N.C15H25NO.C13H26N2O2.C13H28N2O/c1-5-21-15-9-7-6-8-14(15)16(20)19-11-10-13(12-19)18-17(2,3)4;1-5-14-9-11-15(12-10-14)8-6-7-13-17-16(2,3)4;1-5-6-7-8-14-9-11-15(12-10-14)13-17-16(2,3)4;1-5-7-13-8-6-9-14(12-13)17-11-10-16-15(2,3)4;1-5-17-9-7-12(16)15-8-6-11(10-15)14-13(2,3)4;1-5-16-11-10-15-8-6-12(7-9-15)14-13(2,3)4/h6-9,13,18H,5,10-12H2,1-4H3;2*9-12,17H,5-8,13H2,1-4H3;6,8-9,12,16H,5,7,10-11H2,1-4H3;11,14H,5-10H2,1-4H3;12,14H,5-11H2,1-4H3/t13-;;;;11-;/m1...1./s1. The Kier molecular flexibility index (Phi) is 47.1. The van der Waals surface area contributed by atoms with E-state index in [4.69, 9.17) is 18.9 Å². The van der Waals surface area contributed by atoms with Crippen molar-refractivity contribution in [3.05, 3.63) is 130 Å². The van der Waals surface area contributed by atoms with Gasteiger partial charge in [-0.1, -0.05) is 113 Å². The van der Waals surface area contributed by atoms with Crippen LogP contribution in [-0.4, -0.2) is 176 Å². The number of amides is 2. The third kappa shape index (κ3) is 49.7. The van der Waals surface area contributed by atoms with Gasteiger partial charge in [0, 0.05) is 110 Å². The number of hydrogen-bond acceptors (Lipinski definition) is 13. The van der Waals surface area contributed by atoms with Crippen molar-refractivity contribution in [1.82, 2.24) is 46.6 Å². The van der Waals surface area contributed by atoms with Crippen LogP contribution in [0, 0.1) is 0 Å². The molecule has 15 nitrogen and oxygen atoms in total. The van der Waals surface area contributed by atoms with E-state index in [-0.39, 0.29) is 45.0 Å². The molecule has 0 bridgehead atoms. The highest BCUT2D eigenvalue weighted by Crippen LogP contribution is 2.24. The average Bonchev–Trinajstić information content (AvgIpc) is 1.77. The van der Waals surface area contributed by atoms with Crippen LogP contribution in [0.2, 0.25) is 0 Å². The highest BCUT2D eigenvalue weighted by Gasteiger charge is 2.31. The van der Waals surface area contributed by atoms with Crippen LogP contribution in [0.1, 0.15) is 275 Å². The predicted molar refractivity (Wildman–Crippen MR) is 449 cm³/mol. The number of hydrogen-bond donors (Lipinski definition) is 6. The lowest BCUT2D eigenvalue weighted by Crippen LogP contribution is -2.49. The van der Waals surface area contributed by atoms with Gasteiger partial charge in [0.15, 0.2) is 0 Å². The topological polar surface area (TPSA) is 153 Å². The van der Waals surface area contributed by atoms with Crippen molar-refractivity contribution in [2.75, 3.05) is 98.5 Å². The minimum Gasteiger partial charge on any atom is -0.493 e. The maximum Gasteiger partial charge on any atom is 0.257 e. The van der Waals surface area contributed by atoms with Crippen LogP contribution in [0.3, 0.4) is 0 Å². The van der Waals surface area contributed by atoms with E-state index in [0.717, 1.165) is 97.0 Å². The number of likely N-dealkylation sites (tertiary alicyclic amines) is 3. The van der Waals surface area contributed by atoms with Crippen LogP contribution < -0.4 is 41.4 Å². The number of nitrogens with zero attached hydrogens (tertiary/aromatic N) is 3. The highest BCUT2D eigenvalue weighted by atomic mass is 16.5. The summed E-state index contributed by atoms with van der Waals surface area (Å²) in [6, 6.07) is 35.5. The van der Waals surface area contributed by atoms with Crippen LogP contribution in [0.5, 0.6) is 11.5 Å². The van der Waals surface area contributed by atoms with Crippen LogP contribution >= 0.6 is 0 Å². The van der Waals surface area contributed by atoms with Crippen LogP contribution in [0.15, 0.2) is 97.1 Å². The first-order valence-electron chi connectivity index (χ1n) is 41.0. The molecular weight excluding hydrogens is 1300 g/mol. The molecule has 4 aromatic rings. The Labute approximate surface area is 644 Å². The summed E-state index contributed by atoms with van der Waals surface area (Å²) in [5.41, 5.74) is 8.82. The Bertz CT molecular complexity index is 2850. The molecule has 105 heavy (non-hydrogen) atoms. The maximum atomic E-state index is 12.7. The number of para-hydroxylation sites is 1. The quantitative estimate of drug-likeness (QED) is 0.0258. The molecule has 3 fully saturated rings. The first kappa shape index (κ1) is 96.1. The lowest BCUT2D eigenvalue weighted by Gasteiger charge is -2.36. The van der Waals surface area contributed by atoms with Gasteiger partial charge < -0.3 is 65.5 Å². The zero-order valence-electron chi connectivity index (χ0n) is 71.7. The minimum atomic E-state index is 0.0669. The smallest absolute Gasteiger partial charge is 0.257 e. The van der Waals surface area contributed by atoms with Gasteiger partial charge in [-0.05, 0) is 288 Å². The van der Waals surface area contributed by atoms with Crippen molar-refractivity contribution >= 4 is 11.8 Å². The number of rotatable bonds is 32. The van der Waals surface area contributed by atoms with Gasteiger partial charge in [0.1, 0.15) is 18.1 Å². The summed E-state index contributed by atoms with van der Waals surface area (Å²) in [6.07, 6.45) is 17.4. The van der Waals surface area contributed by atoms with Crippen LogP contribution in [-0.2, 0) is 46.5 Å². The molecule has 0 radical (unpaired) electrons. The second kappa shape index (κ2) is 51.5. The summed E-state index contributed by atoms with van der Waals surface area (Å²) in [5.74, 6) is 1.94. The van der Waals surface area contributed by atoms with Gasteiger partial charge in [-0.25, -0.2) is 0 Å². The lowest BCUT2D eigenvalue weighted by molar-refractivity contribution is -0.131. The molecule has 0 unspecified atom stereocenters. The van der Waals surface area contributed by atoms with Crippen molar-refractivity contribution in [2.45, 2.75) is 320 Å². The summed E-state index contributed by atoms with van der Waals surface area (Å²) < 4.78 is 21.9. The molecule has 3 saturated heterocycles. The van der Waals surface area contributed by atoms with Gasteiger partial charge in [-0.2, -0.15) is 0 Å². The maximum absolute atomic E-state index is 12.7. The van der Waals surface area contributed by atoms with Crippen molar-refractivity contribution in [2.24, 2.45) is 0 Å². The average molecular weight is 1460 g/mol. The zero-order valence-corrected chi connectivity index (χ0v) is 71.7. The Morgan fingerprint density at radius 3 is 1.45 bits per heavy atom. The Morgan fingerprint density at radius 2 is 0.924 bits per heavy atom. The second-order valence-electron chi connectivity index (χ2n) is 35.0. The molecule has 3 aliphatic rings. The van der Waals surface area contributed by atoms with E-state index in [1.54, 1.807) is 0 Å². The number of nitrogens with one attached hydrogen (secondary N) is 6. The van der Waals surface area contributed by atoms with Crippen molar-refractivity contribution < 1.29 is 28.5 Å². The van der Waals surface area contributed by atoms with Crippen LogP contribution in [0.25, 0.3) is 0 Å². The fourth-order valence-electron chi connectivity index (χ4n) is 12.5. The molecular formula is C90H159N9O6. The molecule has 0 spiro atoms. The van der Waals surface area contributed by atoms with E-state index >= 15 is 0 Å². The highest BCUT2D eigenvalue weighted by molar-refractivity contribution is 5.97. The number of carbonyl (C=O) groups excluding carboxylic acids is 2. The largest absolute Gasteiger partial charge is 0.493 e. The molecule has 7 rings (SSSR count). The van der Waals surface area contributed by atoms with E-state index < -0.39 is 0 Å². The molecule has 2 amide bonds. The van der Waals surface area contributed by atoms with Gasteiger partial charge in [-0.3, -0.25) is 9.59 Å². The third-order valence-corrected chi connectivity index (χ3v) is 17.7. The third-order valence-electron chi connectivity index (χ3n) is 17.7. The predicted octanol–water partition coefficient (Wildman–Crippen LogP) is 17.6. The fraction of sp³-hybridized carbons (Fsp3) is 0.711. The first-order chi connectivity index (χ1) is 49.4. The summed E-state index contributed by atoms with van der Waals surface area (Å²) in [7, 11) is 0. The van der Waals surface area contributed by atoms with E-state index in [1.165, 1.54) is 105 Å². The van der Waals surface area contributed by atoms with Gasteiger partial charge >= 0.3 is 0 Å². The summed E-state index contributed by atoms with van der Waals surface area (Å²) in [4.78, 5) is 30.9. The summed E-state index contributed by atoms with van der Waals surface area (Å²) in [6.45, 7) is 66.0. The Balaban J connectivity index is 0.000000429. The Hall–Kier alpha value is -4.94. The number of unbranched alkanes of at least 4 members (excludes halogenated alkanes) is 3. The molecule has 0 aromatic heterocycles. The SMILES string of the molecule is CCCCCc1ccc(CNC(C)(C)C)cc1.CCCc1cccc(OCCNC(C)(C)C)c1.CCOCCC(=O)N1CC[C@@H](NC(C)(C)C)C1.CCOCCN1CCC(NC(C)(C)C)CC1.CCOc1ccccc1C(=O)N1CC[C@@H](NC(C)(C)C)C1.CCc1ccc(CCCCNC(C)(C)C)cc1. The van der Waals surface area contributed by atoms with Gasteiger partial charge in [0.2, 0.25) is 5.91 Å². The van der Waals surface area contributed by atoms with Crippen LogP contribution in [0.4, 0.5) is 0 Å². The van der Waals surface area contributed by atoms with Crippen molar-refractivity contribution in [3.63, 3.8) is 0 Å². The fourth-order valence-corrected chi connectivity index (χ4v) is 12.5. The second-order valence-corrected chi connectivity index (χ2v) is 35.0. The van der Waals surface area contributed by atoms with E-state index in [2.05, 4.69) is 256 Å².